The van der Waals surface area contributed by atoms with Crippen molar-refractivity contribution in [2.24, 2.45) is 0 Å². The lowest BCUT2D eigenvalue weighted by Crippen LogP contribution is -2.52. The number of hydrogen-bond acceptors (Lipinski definition) is 0. The minimum absolute atomic E-state index is 0.0991. The number of aryl methyl sites for hydroxylation is 6. The Labute approximate surface area is 136 Å². The van der Waals surface area contributed by atoms with E-state index in [9.17, 15) is 0 Å². The van der Waals surface area contributed by atoms with Crippen LogP contribution < -0.4 is 10.4 Å². The molecule has 3 heteroatoms. The Balaban J connectivity index is 2.66. The molecule has 0 saturated heterocycles. The van der Waals surface area contributed by atoms with Crippen molar-refractivity contribution in [2.75, 3.05) is 0 Å². The molecule has 0 heterocycles. The Morgan fingerprint density at radius 3 is 1.19 bits per heavy atom. The maximum Gasteiger partial charge on any atom is 0.0871 e. The predicted molar refractivity (Wildman–Crippen MR) is 106 cm³/mol. The fourth-order valence-corrected chi connectivity index (χ4v) is 21.3. The summed E-state index contributed by atoms with van der Waals surface area (Å²) in [4.78, 5) is 0. The van der Waals surface area contributed by atoms with E-state index in [-0.39, 0.29) is 8.55 Å². The fourth-order valence-electron chi connectivity index (χ4n) is 4.03. The molecular weight excluding hydrogens is 300 g/mol. The van der Waals surface area contributed by atoms with Crippen molar-refractivity contribution in [3.8, 4) is 0 Å². The Kier molecular flexibility index (Phi) is 5.07. The summed E-state index contributed by atoms with van der Waals surface area (Å²) in [5.41, 5.74) is 9.01. The van der Waals surface area contributed by atoms with E-state index in [1.807, 2.05) is 0 Å². The highest BCUT2D eigenvalue weighted by Crippen LogP contribution is 2.11. The van der Waals surface area contributed by atoms with Crippen LogP contribution in [0.15, 0.2) is 24.3 Å². The molecule has 0 fully saturated rings. The van der Waals surface area contributed by atoms with Crippen LogP contribution in [0.2, 0.25) is 0 Å². The van der Waals surface area contributed by atoms with Gasteiger partial charge in [-0.05, 0) is 51.3 Å². The Bertz CT molecular complexity index is 571. The molecule has 0 atom stereocenters. The van der Waals surface area contributed by atoms with E-state index >= 15 is 0 Å². The van der Waals surface area contributed by atoms with E-state index in [4.69, 9.17) is 0 Å². The van der Waals surface area contributed by atoms with Gasteiger partial charge in [0.1, 0.15) is 0 Å². The van der Waals surface area contributed by atoms with Crippen molar-refractivity contribution in [1.29, 1.82) is 0 Å². The van der Waals surface area contributed by atoms with E-state index in [0.29, 0.717) is 0 Å². The van der Waals surface area contributed by atoms with Crippen molar-refractivity contribution < 1.29 is 0 Å². The minimum Gasteiger partial charge on any atom is -0.0565 e. The molecule has 0 aromatic heterocycles. The van der Waals surface area contributed by atoms with Gasteiger partial charge in [0.05, 0.1) is 8.31 Å². The summed E-state index contributed by atoms with van der Waals surface area (Å²) in [5.74, 6) is 0. The van der Waals surface area contributed by atoms with Crippen molar-refractivity contribution in [1.82, 2.24) is 0 Å². The lowest BCUT2D eigenvalue weighted by Gasteiger charge is -2.24. The van der Waals surface area contributed by atoms with Crippen LogP contribution in [0.25, 0.3) is 0 Å². The molecule has 0 unspecified atom stereocenters. The lowest BCUT2D eigenvalue weighted by atomic mass is 10.1. The largest absolute Gasteiger partial charge is 0.0871 e. The third-order valence-electron chi connectivity index (χ3n) is 4.58. The molecule has 0 aliphatic rings. The van der Waals surface area contributed by atoms with Gasteiger partial charge in [0.2, 0.25) is 0 Å². The molecule has 0 aliphatic heterocycles. The molecule has 2 aromatic carbocycles. The number of rotatable bonds is 3. The zero-order chi connectivity index (χ0) is 15.7. The molecule has 0 aliphatic carbocycles. The zero-order valence-electron chi connectivity index (χ0n) is 14.6. The molecule has 0 nitrogen and oxygen atoms in total. The highest BCUT2D eigenvalue weighted by Gasteiger charge is 2.22. The van der Waals surface area contributed by atoms with Gasteiger partial charge in [-0.15, -0.1) is 0 Å². The Hall–Kier alpha value is -0.909. The second-order valence-electron chi connectivity index (χ2n) is 6.59. The van der Waals surface area contributed by atoms with Crippen molar-refractivity contribution in [2.45, 2.75) is 41.5 Å². The second kappa shape index (κ2) is 6.46. The summed E-state index contributed by atoms with van der Waals surface area (Å²) in [7, 11) is 0.602. The van der Waals surface area contributed by atoms with Gasteiger partial charge in [-0.25, -0.2) is 0 Å². The smallest absolute Gasteiger partial charge is 0.0565 e. The van der Waals surface area contributed by atoms with E-state index < -0.39 is 8.31 Å². The molecule has 2 aromatic rings. The summed E-state index contributed by atoms with van der Waals surface area (Å²) in [6, 6.07) is 9.58. The van der Waals surface area contributed by atoms with Gasteiger partial charge in [0.25, 0.3) is 0 Å². The first kappa shape index (κ1) is 16.5. The average Bonchev–Trinajstić information content (AvgIpc) is 2.34. The summed E-state index contributed by atoms with van der Waals surface area (Å²) in [6.07, 6.45) is 0. The molecule has 0 radical (unpaired) electrons. The molecule has 2 rings (SSSR count). The van der Waals surface area contributed by atoms with Crippen LogP contribution >= 0.6 is 0 Å². The predicted octanol–water partition coefficient (Wildman–Crippen LogP) is 0.824. The van der Waals surface area contributed by atoms with Crippen LogP contribution in [0.5, 0.6) is 0 Å². The van der Waals surface area contributed by atoms with Gasteiger partial charge in [0.15, 0.2) is 0 Å². The summed E-state index contributed by atoms with van der Waals surface area (Å²) < 4.78 is 0. The van der Waals surface area contributed by atoms with E-state index in [1.54, 1.807) is 32.6 Å². The normalized spacial score (nSPS) is 12.0. The molecule has 0 saturated carbocycles. The van der Waals surface area contributed by atoms with Crippen LogP contribution in [0, 0.1) is 41.5 Å². The Morgan fingerprint density at radius 1 is 0.667 bits per heavy atom. The van der Waals surface area contributed by atoms with E-state index in [1.165, 1.54) is 20.9 Å². The van der Waals surface area contributed by atoms with Crippen LogP contribution in [-0.2, 0) is 0 Å². The second-order valence-corrected chi connectivity index (χ2v) is 21.9. The highest BCUT2D eigenvalue weighted by atomic mass is 29.5. The Morgan fingerprint density at radius 2 is 0.952 bits per heavy atom. The topological polar surface area (TPSA) is 0 Å². The van der Waals surface area contributed by atoms with Gasteiger partial charge >= 0.3 is 0 Å². The molecule has 0 amide bonds. The van der Waals surface area contributed by atoms with E-state index in [0.717, 1.165) is 0 Å². The SMILES string of the molecule is Cc1cc(C)c([SiH]([SiH2][SiH3])c2c(C)cc(C)cc2C)c(C)c1. The van der Waals surface area contributed by atoms with Gasteiger partial charge in [-0.2, -0.15) is 0 Å². The minimum atomic E-state index is -0.928. The van der Waals surface area contributed by atoms with Gasteiger partial charge in [-0.3, -0.25) is 0 Å². The molecular formula is C18H28Si3. The monoisotopic (exact) mass is 328 g/mol. The molecule has 112 valence electrons. The standard InChI is InChI=1S/C18H28Si3/c1-11-7-13(3)17(14(4)8-11)21(20-19)18-15(5)9-12(2)10-16(18)6/h7-10,21H,20H2,1-6,19H3. The average molecular weight is 329 g/mol. The third-order valence-corrected chi connectivity index (χ3v) is 20.9. The summed E-state index contributed by atoms with van der Waals surface area (Å²) in [6.45, 7) is 13.8. The number of benzene rings is 2. The van der Waals surface area contributed by atoms with Gasteiger partial charge < -0.3 is 0 Å². The van der Waals surface area contributed by atoms with Crippen molar-refractivity contribution in [3.05, 3.63) is 57.6 Å². The van der Waals surface area contributed by atoms with Crippen molar-refractivity contribution >= 4 is 37.0 Å². The van der Waals surface area contributed by atoms with Crippen LogP contribution in [0.4, 0.5) is 0 Å². The summed E-state index contributed by atoms with van der Waals surface area (Å²) >= 11 is 0. The zero-order valence-corrected chi connectivity index (χ0v) is 19.2. The molecule has 21 heavy (non-hydrogen) atoms. The fraction of sp³-hybridized carbons (Fsp3) is 0.333. The van der Waals surface area contributed by atoms with E-state index in [2.05, 4.69) is 65.8 Å². The van der Waals surface area contributed by atoms with Gasteiger partial charge in [0, 0.05) is 8.55 Å². The van der Waals surface area contributed by atoms with Crippen molar-refractivity contribution in [3.63, 3.8) is 0 Å². The highest BCUT2D eigenvalue weighted by molar-refractivity contribution is 7.40. The van der Waals surface area contributed by atoms with Gasteiger partial charge in [-0.1, -0.05) is 68.0 Å². The maximum atomic E-state index is 2.40. The molecule has 0 N–H and O–H groups in total. The van der Waals surface area contributed by atoms with Crippen LogP contribution in [-0.4, -0.2) is 26.6 Å². The lowest BCUT2D eigenvalue weighted by molar-refractivity contribution is 1.34. The summed E-state index contributed by atoms with van der Waals surface area (Å²) in [5, 5.41) is 3.52. The third kappa shape index (κ3) is 3.30. The first-order chi connectivity index (χ1) is 9.85. The first-order valence-corrected chi connectivity index (χ1v) is 18.1. The molecule has 0 bridgehead atoms. The van der Waals surface area contributed by atoms with Crippen LogP contribution in [0.1, 0.15) is 33.4 Å². The first-order valence-electron chi connectivity index (χ1n) is 8.00. The van der Waals surface area contributed by atoms with Crippen LogP contribution in [0.3, 0.4) is 0 Å². The quantitative estimate of drug-likeness (QED) is 0.732. The maximum absolute atomic E-state index is 2.40. The number of hydrogen-bond donors (Lipinski definition) is 0. The molecule has 0 spiro atoms.